The van der Waals surface area contributed by atoms with E-state index in [0.29, 0.717) is 18.9 Å². The van der Waals surface area contributed by atoms with Crippen LogP contribution < -0.4 is 0 Å². The van der Waals surface area contributed by atoms with Crippen molar-refractivity contribution in [2.75, 3.05) is 7.05 Å². The zero-order chi connectivity index (χ0) is 21.3. The van der Waals surface area contributed by atoms with Crippen LogP contribution in [0, 0.1) is 13.8 Å². The molecule has 3 heterocycles. The molecule has 0 unspecified atom stereocenters. The summed E-state index contributed by atoms with van der Waals surface area (Å²) in [5, 5.41) is 13.1. The van der Waals surface area contributed by atoms with Crippen LogP contribution in [0.2, 0.25) is 0 Å². The Kier molecular flexibility index (Phi) is 5.54. The molecule has 154 valence electrons. The van der Waals surface area contributed by atoms with Gasteiger partial charge in [-0.15, -0.1) is 0 Å². The number of aromatic nitrogens is 6. The van der Waals surface area contributed by atoms with Gasteiger partial charge in [0.15, 0.2) is 0 Å². The van der Waals surface area contributed by atoms with E-state index in [1.54, 1.807) is 39.8 Å². The second-order valence-electron chi connectivity index (χ2n) is 7.14. The van der Waals surface area contributed by atoms with E-state index in [-0.39, 0.29) is 5.91 Å². The quantitative estimate of drug-likeness (QED) is 0.435. The summed E-state index contributed by atoms with van der Waals surface area (Å²) < 4.78 is 6.36. The molecule has 0 aliphatic heterocycles. The van der Waals surface area contributed by atoms with Crippen LogP contribution in [0.15, 0.2) is 59.5 Å². The van der Waals surface area contributed by atoms with Crippen molar-refractivity contribution in [3.63, 3.8) is 0 Å². The number of carbonyl (C=O) groups excluding carboxylic acids is 1. The molecule has 0 spiro atoms. The highest BCUT2D eigenvalue weighted by atomic mass is 79.9. The van der Waals surface area contributed by atoms with Crippen molar-refractivity contribution in [1.82, 2.24) is 34.2 Å². The van der Waals surface area contributed by atoms with Gasteiger partial charge in [0.2, 0.25) is 0 Å². The predicted octanol–water partition coefficient (Wildman–Crippen LogP) is 3.42. The van der Waals surface area contributed by atoms with E-state index in [1.807, 2.05) is 55.1 Å². The van der Waals surface area contributed by atoms with Gasteiger partial charge in [-0.2, -0.15) is 15.3 Å². The minimum atomic E-state index is -0.126. The first kappa shape index (κ1) is 20.1. The molecule has 0 aliphatic carbocycles. The molecule has 0 saturated carbocycles. The van der Waals surface area contributed by atoms with Gasteiger partial charge in [-0.05, 0) is 59.6 Å². The minimum absolute atomic E-state index is 0.126. The van der Waals surface area contributed by atoms with Gasteiger partial charge in [0.25, 0.3) is 5.91 Å². The van der Waals surface area contributed by atoms with Gasteiger partial charge in [0, 0.05) is 32.2 Å². The summed E-state index contributed by atoms with van der Waals surface area (Å²) in [4.78, 5) is 14.5. The summed E-state index contributed by atoms with van der Waals surface area (Å²) in [6.07, 6.45) is 5.43. The van der Waals surface area contributed by atoms with Gasteiger partial charge in [0.1, 0.15) is 12.4 Å². The van der Waals surface area contributed by atoms with Crippen LogP contribution in [0.3, 0.4) is 0 Å². The average molecular weight is 468 g/mol. The summed E-state index contributed by atoms with van der Waals surface area (Å²) in [6, 6.07) is 11.6. The molecule has 0 N–H and O–H groups in total. The van der Waals surface area contributed by atoms with Gasteiger partial charge >= 0.3 is 0 Å². The van der Waals surface area contributed by atoms with Crippen LogP contribution in [-0.2, 0) is 13.2 Å². The minimum Gasteiger partial charge on any atom is -0.336 e. The van der Waals surface area contributed by atoms with Crippen molar-refractivity contribution in [3.8, 4) is 5.69 Å². The maximum atomic E-state index is 12.8. The Hall–Kier alpha value is -3.20. The fourth-order valence-electron chi connectivity index (χ4n) is 3.22. The largest absolute Gasteiger partial charge is 0.336 e. The lowest BCUT2D eigenvalue weighted by molar-refractivity contribution is 0.0778. The van der Waals surface area contributed by atoms with E-state index in [1.165, 1.54) is 0 Å². The van der Waals surface area contributed by atoms with Gasteiger partial charge in [-0.3, -0.25) is 9.48 Å². The van der Waals surface area contributed by atoms with E-state index >= 15 is 0 Å². The van der Waals surface area contributed by atoms with Crippen LogP contribution in [-0.4, -0.2) is 47.2 Å². The molecule has 0 fully saturated rings. The Bertz CT molecular complexity index is 1160. The number of hydrogen-bond donors (Lipinski definition) is 0. The van der Waals surface area contributed by atoms with Crippen LogP contribution in [0.25, 0.3) is 5.69 Å². The lowest BCUT2D eigenvalue weighted by atomic mass is 10.2. The SMILES string of the molecule is Cc1nn(Cn2ccc(C(=O)N(C)Cc3ccc(-n4cccn4)cc3)n2)c(C)c1Br. The molecule has 1 aromatic carbocycles. The molecule has 8 nitrogen and oxygen atoms in total. The first-order valence-electron chi connectivity index (χ1n) is 9.50. The predicted molar refractivity (Wildman–Crippen MR) is 116 cm³/mol. The number of nitrogens with zero attached hydrogens (tertiary/aromatic N) is 7. The second kappa shape index (κ2) is 8.27. The molecule has 30 heavy (non-hydrogen) atoms. The van der Waals surface area contributed by atoms with Crippen molar-refractivity contribution in [1.29, 1.82) is 0 Å². The Balaban J connectivity index is 1.41. The first-order valence-corrected chi connectivity index (χ1v) is 10.3. The fourth-order valence-corrected chi connectivity index (χ4v) is 3.51. The van der Waals surface area contributed by atoms with Gasteiger partial charge < -0.3 is 4.90 Å². The van der Waals surface area contributed by atoms with Crippen molar-refractivity contribution >= 4 is 21.8 Å². The van der Waals surface area contributed by atoms with Gasteiger partial charge in [-0.1, -0.05) is 12.1 Å². The molecule has 0 radical (unpaired) electrons. The monoisotopic (exact) mass is 467 g/mol. The van der Waals surface area contributed by atoms with E-state index < -0.39 is 0 Å². The van der Waals surface area contributed by atoms with E-state index in [0.717, 1.165) is 27.1 Å². The molecular weight excluding hydrogens is 446 g/mol. The Morgan fingerprint density at radius 2 is 1.87 bits per heavy atom. The third-order valence-electron chi connectivity index (χ3n) is 4.90. The summed E-state index contributed by atoms with van der Waals surface area (Å²) in [7, 11) is 1.78. The Morgan fingerprint density at radius 3 is 2.50 bits per heavy atom. The molecule has 9 heteroatoms. The summed E-state index contributed by atoms with van der Waals surface area (Å²) in [5.41, 5.74) is 4.37. The van der Waals surface area contributed by atoms with Crippen LogP contribution in [0.1, 0.15) is 27.4 Å². The number of carbonyl (C=O) groups is 1. The van der Waals surface area contributed by atoms with Crippen molar-refractivity contribution in [2.45, 2.75) is 27.1 Å². The molecule has 3 aromatic heterocycles. The lowest BCUT2D eigenvalue weighted by Gasteiger charge is -2.16. The first-order chi connectivity index (χ1) is 14.4. The van der Waals surface area contributed by atoms with Crippen molar-refractivity contribution in [3.05, 3.63) is 82.1 Å². The number of halogens is 1. The topological polar surface area (TPSA) is 73.8 Å². The van der Waals surface area contributed by atoms with Gasteiger partial charge in [-0.25, -0.2) is 9.36 Å². The number of rotatable bonds is 6. The molecule has 4 aromatic rings. The van der Waals surface area contributed by atoms with Crippen molar-refractivity contribution in [2.24, 2.45) is 0 Å². The molecule has 0 bridgehead atoms. The molecule has 4 rings (SSSR count). The highest BCUT2D eigenvalue weighted by Gasteiger charge is 2.16. The molecule has 0 saturated heterocycles. The standard InChI is InChI=1S/C21H22BrN7O/c1-15-20(22)16(2)29(24-15)14-27-12-9-19(25-27)21(30)26(3)13-17-5-7-18(8-6-17)28-11-4-10-23-28/h4-12H,13-14H2,1-3H3. The normalized spacial score (nSPS) is 11.1. The number of amides is 1. The Labute approximate surface area is 182 Å². The third-order valence-corrected chi connectivity index (χ3v) is 6.05. The van der Waals surface area contributed by atoms with Crippen LogP contribution in [0.5, 0.6) is 0 Å². The zero-order valence-corrected chi connectivity index (χ0v) is 18.6. The third kappa shape index (κ3) is 4.06. The van der Waals surface area contributed by atoms with Crippen molar-refractivity contribution < 1.29 is 4.79 Å². The number of hydrogen-bond acceptors (Lipinski definition) is 4. The zero-order valence-electron chi connectivity index (χ0n) is 17.0. The van der Waals surface area contributed by atoms with E-state index in [2.05, 4.69) is 31.2 Å². The summed E-state index contributed by atoms with van der Waals surface area (Å²) in [5.74, 6) is -0.126. The average Bonchev–Trinajstić information content (AvgIpc) is 3.48. The Morgan fingerprint density at radius 1 is 1.10 bits per heavy atom. The highest BCUT2D eigenvalue weighted by molar-refractivity contribution is 9.10. The summed E-state index contributed by atoms with van der Waals surface area (Å²) in [6.45, 7) is 4.88. The fraction of sp³-hybridized carbons (Fsp3) is 0.238. The number of aryl methyl sites for hydroxylation is 1. The molecule has 0 atom stereocenters. The van der Waals surface area contributed by atoms with Crippen LogP contribution in [0.4, 0.5) is 0 Å². The molecular formula is C21H22BrN7O. The molecule has 0 aliphatic rings. The van der Waals surface area contributed by atoms with E-state index in [9.17, 15) is 4.79 Å². The maximum Gasteiger partial charge on any atom is 0.274 e. The lowest BCUT2D eigenvalue weighted by Crippen LogP contribution is -2.27. The summed E-state index contributed by atoms with van der Waals surface area (Å²) >= 11 is 3.53. The number of benzene rings is 1. The van der Waals surface area contributed by atoms with Crippen LogP contribution >= 0.6 is 15.9 Å². The van der Waals surface area contributed by atoms with Gasteiger partial charge in [0.05, 0.1) is 21.5 Å². The smallest absolute Gasteiger partial charge is 0.274 e. The van der Waals surface area contributed by atoms with E-state index in [4.69, 9.17) is 0 Å². The highest BCUT2D eigenvalue weighted by Crippen LogP contribution is 2.19. The second-order valence-corrected chi connectivity index (χ2v) is 7.94. The maximum absolute atomic E-state index is 12.8. The molecule has 1 amide bonds.